The van der Waals surface area contributed by atoms with Gasteiger partial charge in [-0.05, 0) is 34.9 Å². The Morgan fingerprint density at radius 3 is 2.35 bits per heavy atom. The fraction of sp³-hybridized carbons (Fsp3) is 0.0741. The van der Waals surface area contributed by atoms with Gasteiger partial charge in [0.05, 0.1) is 24.9 Å². The smallest absolute Gasteiger partial charge is 0.230 e. The lowest BCUT2D eigenvalue weighted by Gasteiger charge is -2.10. The molecule has 0 aliphatic heterocycles. The molecule has 2 N–H and O–H groups in total. The van der Waals surface area contributed by atoms with Gasteiger partial charge in [0.1, 0.15) is 5.69 Å². The van der Waals surface area contributed by atoms with Crippen molar-refractivity contribution in [3.8, 4) is 11.3 Å². The van der Waals surface area contributed by atoms with Crippen molar-refractivity contribution in [3.63, 3.8) is 0 Å². The molecule has 0 radical (unpaired) electrons. The number of aliphatic hydroxyl groups is 1. The minimum atomic E-state index is -1.01. The Balaban J connectivity index is 1.62. The molecular weight excluding hydrogens is 436 g/mol. The largest absolute Gasteiger partial charge is 0.392 e. The first-order valence-electron chi connectivity index (χ1n) is 10.6. The standard InChI is InChI=1S/C27H21F2N3O2/c28-22-12-8-20(14-23(22)29)15-26(34)32-27-24(13-9-18-4-2-1-3-5-18)31-25(16-30-27)21-10-6-19(17-33)7-11-21/h1-14,16,33H,15,17H2,(H,30,32,34)/b13-9+. The second-order valence-electron chi connectivity index (χ2n) is 7.56. The minimum absolute atomic E-state index is 0.0556. The van der Waals surface area contributed by atoms with Crippen molar-refractivity contribution in [2.75, 3.05) is 5.32 Å². The van der Waals surface area contributed by atoms with E-state index >= 15 is 0 Å². The molecule has 7 heteroatoms. The summed E-state index contributed by atoms with van der Waals surface area (Å²) in [5.41, 5.74) is 3.90. The van der Waals surface area contributed by atoms with Gasteiger partial charge in [-0.3, -0.25) is 4.79 Å². The summed E-state index contributed by atoms with van der Waals surface area (Å²) in [4.78, 5) is 21.6. The molecule has 0 bridgehead atoms. The van der Waals surface area contributed by atoms with Crippen molar-refractivity contribution in [2.24, 2.45) is 0 Å². The maximum atomic E-state index is 13.5. The molecule has 0 aliphatic carbocycles. The van der Waals surface area contributed by atoms with E-state index in [4.69, 9.17) is 0 Å². The van der Waals surface area contributed by atoms with E-state index in [0.29, 0.717) is 17.0 Å². The number of carbonyl (C=O) groups excluding carboxylic acids is 1. The number of carbonyl (C=O) groups is 1. The highest BCUT2D eigenvalue weighted by atomic mass is 19.2. The number of hydrogen-bond acceptors (Lipinski definition) is 4. The van der Waals surface area contributed by atoms with Crippen LogP contribution in [0.25, 0.3) is 23.4 Å². The lowest BCUT2D eigenvalue weighted by atomic mass is 10.1. The Bertz CT molecular complexity index is 1320. The third-order valence-corrected chi connectivity index (χ3v) is 5.07. The molecule has 0 aliphatic rings. The van der Waals surface area contributed by atoms with Gasteiger partial charge in [-0.1, -0.05) is 66.7 Å². The number of amides is 1. The monoisotopic (exact) mass is 457 g/mol. The van der Waals surface area contributed by atoms with E-state index in [2.05, 4.69) is 15.3 Å². The molecule has 4 rings (SSSR count). The van der Waals surface area contributed by atoms with Crippen LogP contribution in [-0.2, 0) is 17.8 Å². The van der Waals surface area contributed by atoms with E-state index in [1.54, 1.807) is 24.4 Å². The predicted octanol–water partition coefficient (Wildman–Crippen LogP) is 5.27. The summed E-state index contributed by atoms with van der Waals surface area (Å²) in [5.74, 6) is -2.16. The number of anilines is 1. The summed E-state index contributed by atoms with van der Waals surface area (Å²) in [5, 5.41) is 12.0. The van der Waals surface area contributed by atoms with Crippen LogP contribution in [0, 0.1) is 11.6 Å². The van der Waals surface area contributed by atoms with E-state index in [0.717, 1.165) is 28.8 Å². The number of rotatable bonds is 7. The molecule has 0 atom stereocenters. The zero-order valence-electron chi connectivity index (χ0n) is 18.1. The van der Waals surface area contributed by atoms with Crippen LogP contribution in [0.4, 0.5) is 14.6 Å². The summed E-state index contributed by atoms with van der Waals surface area (Å²) in [6, 6.07) is 20.2. The molecule has 0 saturated heterocycles. The molecule has 0 unspecified atom stereocenters. The molecule has 5 nitrogen and oxygen atoms in total. The van der Waals surface area contributed by atoms with Gasteiger partial charge in [0.25, 0.3) is 0 Å². The minimum Gasteiger partial charge on any atom is -0.392 e. The lowest BCUT2D eigenvalue weighted by Crippen LogP contribution is -2.17. The third kappa shape index (κ3) is 5.76. The van der Waals surface area contributed by atoms with Crippen LogP contribution in [0.1, 0.15) is 22.4 Å². The van der Waals surface area contributed by atoms with Crippen LogP contribution < -0.4 is 5.32 Å². The van der Waals surface area contributed by atoms with Crippen LogP contribution in [-0.4, -0.2) is 21.0 Å². The van der Waals surface area contributed by atoms with Crippen molar-refractivity contribution in [3.05, 3.63) is 113 Å². The van der Waals surface area contributed by atoms with Gasteiger partial charge in [-0.15, -0.1) is 0 Å². The second-order valence-corrected chi connectivity index (χ2v) is 7.56. The van der Waals surface area contributed by atoms with Gasteiger partial charge in [0, 0.05) is 5.56 Å². The molecule has 1 amide bonds. The third-order valence-electron chi connectivity index (χ3n) is 5.07. The Morgan fingerprint density at radius 2 is 1.65 bits per heavy atom. The van der Waals surface area contributed by atoms with Gasteiger partial charge in [-0.25, -0.2) is 18.7 Å². The van der Waals surface area contributed by atoms with Gasteiger partial charge in [0.15, 0.2) is 17.5 Å². The highest BCUT2D eigenvalue weighted by Crippen LogP contribution is 2.22. The topological polar surface area (TPSA) is 75.1 Å². The molecule has 170 valence electrons. The maximum Gasteiger partial charge on any atom is 0.230 e. The summed E-state index contributed by atoms with van der Waals surface area (Å²) in [7, 11) is 0. The van der Waals surface area contributed by atoms with Crippen LogP contribution in [0.15, 0.2) is 79.0 Å². The Hall–Kier alpha value is -4.23. The second kappa shape index (κ2) is 10.6. The number of nitrogens with zero attached hydrogens (tertiary/aromatic N) is 2. The fourth-order valence-electron chi connectivity index (χ4n) is 3.29. The number of nitrogens with one attached hydrogen (secondary N) is 1. The van der Waals surface area contributed by atoms with Gasteiger partial charge < -0.3 is 10.4 Å². The lowest BCUT2D eigenvalue weighted by molar-refractivity contribution is -0.115. The van der Waals surface area contributed by atoms with E-state index in [1.165, 1.54) is 6.07 Å². The Labute approximate surface area is 195 Å². The first-order chi connectivity index (χ1) is 16.5. The number of hydrogen-bond donors (Lipinski definition) is 2. The van der Waals surface area contributed by atoms with Gasteiger partial charge >= 0.3 is 0 Å². The molecule has 0 fully saturated rings. The fourth-order valence-corrected chi connectivity index (χ4v) is 3.29. The van der Waals surface area contributed by atoms with Crippen molar-refractivity contribution >= 4 is 23.9 Å². The zero-order chi connectivity index (χ0) is 23.9. The van der Waals surface area contributed by atoms with Gasteiger partial charge in [-0.2, -0.15) is 0 Å². The highest BCUT2D eigenvalue weighted by Gasteiger charge is 2.12. The number of halogens is 2. The number of benzene rings is 3. The summed E-state index contributed by atoms with van der Waals surface area (Å²) < 4.78 is 26.7. The van der Waals surface area contributed by atoms with E-state index in [9.17, 15) is 18.7 Å². The number of aromatic nitrogens is 2. The zero-order valence-corrected chi connectivity index (χ0v) is 18.1. The van der Waals surface area contributed by atoms with Crippen molar-refractivity contribution < 1.29 is 18.7 Å². The van der Waals surface area contributed by atoms with Crippen LogP contribution in [0.3, 0.4) is 0 Å². The summed E-state index contributed by atoms with van der Waals surface area (Å²) >= 11 is 0. The molecular formula is C27H21F2N3O2. The molecule has 1 heterocycles. The van der Waals surface area contributed by atoms with Crippen LogP contribution in [0.5, 0.6) is 0 Å². The average molecular weight is 457 g/mol. The van der Waals surface area contributed by atoms with Gasteiger partial charge in [0.2, 0.25) is 5.91 Å². The van der Waals surface area contributed by atoms with Crippen LogP contribution in [0.2, 0.25) is 0 Å². The highest BCUT2D eigenvalue weighted by molar-refractivity contribution is 5.93. The van der Waals surface area contributed by atoms with E-state index < -0.39 is 17.5 Å². The Morgan fingerprint density at radius 1 is 0.912 bits per heavy atom. The maximum absolute atomic E-state index is 13.5. The van der Waals surface area contributed by atoms with Crippen molar-refractivity contribution in [2.45, 2.75) is 13.0 Å². The van der Waals surface area contributed by atoms with Crippen molar-refractivity contribution in [1.82, 2.24) is 9.97 Å². The molecule has 0 spiro atoms. The SMILES string of the molecule is O=C(Cc1ccc(F)c(F)c1)Nc1ncc(-c2ccc(CO)cc2)nc1/C=C/c1ccccc1. The number of aliphatic hydroxyl groups excluding tert-OH is 1. The summed E-state index contributed by atoms with van der Waals surface area (Å²) in [6.07, 6.45) is 5.00. The quantitative estimate of drug-likeness (QED) is 0.397. The first kappa shape index (κ1) is 22.9. The molecule has 1 aromatic heterocycles. The van der Waals surface area contributed by atoms with Crippen LogP contribution >= 0.6 is 0 Å². The van der Waals surface area contributed by atoms with Crippen molar-refractivity contribution in [1.29, 1.82) is 0 Å². The van der Waals surface area contributed by atoms with E-state index in [-0.39, 0.29) is 18.8 Å². The Kier molecular flexibility index (Phi) is 7.15. The predicted molar refractivity (Wildman–Crippen MR) is 127 cm³/mol. The first-order valence-corrected chi connectivity index (χ1v) is 10.6. The average Bonchev–Trinajstić information content (AvgIpc) is 2.86. The molecule has 4 aromatic rings. The summed E-state index contributed by atoms with van der Waals surface area (Å²) in [6.45, 7) is -0.0556. The molecule has 3 aromatic carbocycles. The molecule has 34 heavy (non-hydrogen) atoms. The van der Waals surface area contributed by atoms with E-state index in [1.807, 2.05) is 48.5 Å². The molecule has 0 saturated carbocycles. The normalized spacial score (nSPS) is 11.0.